The Morgan fingerprint density at radius 1 is 1.20 bits per heavy atom. The number of ether oxygens (including phenoxy) is 2. The van der Waals surface area contributed by atoms with E-state index in [1.165, 1.54) is 0 Å². The molecule has 30 heavy (non-hydrogen) atoms. The van der Waals surface area contributed by atoms with Crippen molar-refractivity contribution >= 4 is 29.3 Å². The third-order valence-electron chi connectivity index (χ3n) is 4.79. The number of nitrogens with zero attached hydrogens (tertiary/aromatic N) is 1. The minimum Gasteiger partial charge on any atom is -0.486 e. The Balaban J connectivity index is 1.45. The summed E-state index contributed by atoms with van der Waals surface area (Å²) in [6, 6.07) is 11.2. The normalized spacial score (nSPS) is 12.6. The minimum absolute atomic E-state index is 0.150. The molecule has 2 aromatic carbocycles. The Morgan fingerprint density at radius 3 is 2.80 bits per heavy atom. The van der Waals surface area contributed by atoms with Crippen LogP contribution in [0.3, 0.4) is 0 Å². The lowest BCUT2D eigenvalue weighted by molar-refractivity contribution is 0.0948. The number of aryl methyl sites for hydroxylation is 2. The lowest BCUT2D eigenvalue weighted by Crippen LogP contribution is -2.23. The van der Waals surface area contributed by atoms with E-state index in [9.17, 15) is 4.79 Å². The van der Waals surface area contributed by atoms with Crippen LogP contribution < -0.4 is 14.8 Å². The van der Waals surface area contributed by atoms with Crippen LogP contribution >= 0.6 is 23.4 Å². The Kier molecular flexibility index (Phi) is 6.20. The summed E-state index contributed by atoms with van der Waals surface area (Å²) in [6.45, 7) is 5.11. The van der Waals surface area contributed by atoms with Gasteiger partial charge in [0.2, 0.25) is 0 Å². The fourth-order valence-corrected chi connectivity index (χ4v) is 4.67. The van der Waals surface area contributed by atoms with Crippen molar-refractivity contribution in [3.63, 3.8) is 0 Å². The molecule has 1 N–H and O–H groups in total. The van der Waals surface area contributed by atoms with Crippen LogP contribution in [0.15, 0.2) is 45.8 Å². The molecule has 0 aliphatic carbocycles. The maximum absolute atomic E-state index is 12.9. The van der Waals surface area contributed by atoms with Gasteiger partial charge >= 0.3 is 0 Å². The zero-order valence-electron chi connectivity index (χ0n) is 16.7. The molecule has 0 atom stereocenters. The number of benzene rings is 2. The number of fused-ring (bicyclic) bond motifs is 1. The average Bonchev–Trinajstić information content (AvgIpc) is 3.08. The van der Waals surface area contributed by atoms with Crippen molar-refractivity contribution in [1.82, 2.24) is 10.5 Å². The van der Waals surface area contributed by atoms with Crippen molar-refractivity contribution in [2.75, 3.05) is 13.2 Å². The molecule has 0 bridgehead atoms. The van der Waals surface area contributed by atoms with Gasteiger partial charge in [0.05, 0.1) is 16.3 Å². The summed E-state index contributed by atoms with van der Waals surface area (Å²) in [4.78, 5) is 13.8. The zero-order chi connectivity index (χ0) is 21.1. The summed E-state index contributed by atoms with van der Waals surface area (Å²) in [6.07, 6.45) is 0. The highest BCUT2D eigenvalue weighted by Crippen LogP contribution is 2.38. The van der Waals surface area contributed by atoms with Crippen LogP contribution in [0.4, 0.5) is 0 Å². The zero-order valence-corrected chi connectivity index (χ0v) is 18.2. The molecule has 1 aliphatic heterocycles. The minimum atomic E-state index is -0.150. The predicted molar refractivity (Wildman–Crippen MR) is 116 cm³/mol. The van der Waals surface area contributed by atoms with Gasteiger partial charge in [-0.2, -0.15) is 0 Å². The molecule has 1 aromatic heterocycles. The van der Waals surface area contributed by atoms with E-state index in [0.29, 0.717) is 47.6 Å². The second kappa shape index (κ2) is 9.02. The van der Waals surface area contributed by atoms with Crippen molar-refractivity contribution in [3.05, 3.63) is 69.6 Å². The van der Waals surface area contributed by atoms with Crippen LogP contribution in [-0.2, 0) is 12.3 Å². The van der Waals surface area contributed by atoms with Gasteiger partial charge in [0.1, 0.15) is 19.0 Å². The van der Waals surface area contributed by atoms with E-state index in [2.05, 4.69) is 10.5 Å². The van der Waals surface area contributed by atoms with Crippen LogP contribution in [-0.4, -0.2) is 24.3 Å². The van der Waals surface area contributed by atoms with Crippen LogP contribution in [0.25, 0.3) is 0 Å². The van der Waals surface area contributed by atoms with Gasteiger partial charge in [-0.1, -0.05) is 28.9 Å². The van der Waals surface area contributed by atoms with Crippen molar-refractivity contribution in [2.45, 2.75) is 31.0 Å². The number of nitrogens with one attached hydrogen (secondary N) is 1. The van der Waals surface area contributed by atoms with Gasteiger partial charge in [0.15, 0.2) is 11.5 Å². The predicted octanol–water partition coefficient (Wildman–Crippen LogP) is 4.94. The number of amides is 1. The first-order chi connectivity index (χ1) is 14.5. The van der Waals surface area contributed by atoms with Crippen LogP contribution in [0.5, 0.6) is 11.5 Å². The first-order valence-electron chi connectivity index (χ1n) is 9.52. The SMILES string of the molecule is Cc1noc(C)c1CSc1ccccc1C(=O)NCc1cc(Cl)c2c(c1)OCCO2. The van der Waals surface area contributed by atoms with Crippen LogP contribution in [0.2, 0.25) is 5.02 Å². The molecule has 0 radical (unpaired) electrons. The van der Waals surface area contributed by atoms with Crippen LogP contribution in [0.1, 0.15) is 32.9 Å². The van der Waals surface area contributed by atoms with E-state index in [1.807, 2.05) is 44.2 Å². The lowest BCUT2D eigenvalue weighted by atomic mass is 10.1. The summed E-state index contributed by atoms with van der Waals surface area (Å²) >= 11 is 7.87. The monoisotopic (exact) mass is 444 g/mol. The smallest absolute Gasteiger partial charge is 0.252 e. The molecular formula is C22H21ClN2O4S. The third-order valence-corrected chi connectivity index (χ3v) is 6.18. The second-order valence-electron chi connectivity index (χ2n) is 6.87. The average molecular weight is 445 g/mol. The van der Waals surface area contributed by atoms with E-state index < -0.39 is 0 Å². The summed E-state index contributed by atoms with van der Waals surface area (Å²) in [5.74, 6) is 2.50. The maximum atomic E-state index is 12.9. The molecule has 6 nitrogen and oxygen atoms in total. The highest BCUT2D eigenvalue weighted by Gasteiger charge is 2.18. The Hall–Kier alpha value is -2.64. The van der Waals surface area contributed by atoms with Crippen LogP contribution in [0, 0.1) is 13.8 Å². The number of halogens is 1. The van der Waals surface area contributed by atoms with E-state index in [0.717, 1.165) is 27.5 Å². The molecule has 0 unspecified atom stereocenters. The van der Waals surface area contributed by atoms with Crippen molar-refractivity contribution < 1.29 is 18.8 Å². The fraction of sp³-hybridized carbons (Fsp3) is 0.273. The largest absolute Gasteiger partial charge is 0.486 e. The Morgan fingerprint density at radius 2 is 2.00 bits per heavy atom. The van der Waals surface area contributed by atoms with Crippen molar-refractivity contribution in [2.24, 2.45) is 0 Å². The molecule has 0 fully saturated rings. The van der Waals surface area contributed by atoms with Gasteiger partial charge in [-0.05, 0) is 43.7 Å². The Bertz CT molecular complexity index is 1060. The number of thioether (sulfide) groups is 1. The summed E-state index contributed by atoms with van der Waals surface area (Å²) in [7, 11) is 0. The number of hydrogen-bond acceptors (Lipinski definition) is 6. The van der Waals surface area contributed by atoms with E-state index in [-0.39, 0.29) is 5.91 Å². The summed E-state index contributed by atoms with van der Waals surface area (Å²) in [5, 5.41) is 7.44. The Labute approximate surface area is 183 Å². The molecule has 0 saturated heterocycles. The molecule has 4 rings (SSSR count). The number of carbonyl (C=O) groups is 1. The second-order valence-corrected chi connectivity index (χ2v) is 8.30. The van der Waals surface area contributed by atoms with Gasteiger partial charge in [0, 0.05) is 22.8 Å². The highest BCUT2D eigenvalue weighted by atomic mass is 35.5. The van der Waals surface area contributed by atoms with Gasteiger partial charge in [-0.25, -0.2) is 0 Å². The van der Waals surface area contributed by atoms with E-state index in [4.69, 9.17) is 25.6 Å². The topological polar surface area (TPSA) is 73.6 Å². The van der Waals surface area contributed by atoms with Crippen molar-refractivity contribution in [1.29, 1.82) is 0 Å². The molecular weight excluding hydrogens is 424 g/mol. The van der Waals surface area contributed by atoms with Gasteiger partial charge in [-0.3, -0.25) is 4.79 Å². The first-order valence-corrected chi connectivity index (χ1v) is 10.9. The molecule has 0 saturated carbocycles. The molecule has 1 amide bonds. The standard InChI is InChI=1S/C22H21ClN2O4S/c1-13-17(14(2)29-25-13)12-30-20-6-4-3-5-16(20)22(26)24-11-15-9-18(23)21-19(10-15)27-7-8-28-21/h3-6,9-10H,7-8,11-12H2,1-2H3,(H,24,26). The number of aromatic nitrogens is 1. The van der Waals surface area contributed by atoms with Gasteiger partial charge < -0.3 is 19.3 Å². The first kappa shape index (κ1) is 20.6. The number of carbonyl (C=O) groups excluding carboxylic acids is 1. The summed E-state index contributed by atoms with van der Waals surface area (Å²) in [5.41, 5.74) is 3.40. The molecule has 156 valence electrons. The number of hydrogen-bond donors (Lipinski definition) is 1. The van der Waals surface area contributed by atoms with E-state index in [1.54, 1.807) is 17.8 Å². The third kappa shape index (κ3) is 4.42. The maximum Gasteiger partial charge on any atom is 0.252 e. The number of rotatable bonds is 6. The van der Waals surface area contributed by atoms with Crippen molar-refractivity contribution in [3.8, 4) is 11.5 Å². The molecule has 2 heterocycles. The fourth-order valence-electron chi connectivity index (χ4n) is 3.18. The molecule has 1 aliphatic rings. The molecule has 3 aromatic rings. The lowest BCUT2D eigenvalue weighted by Gasteiger charge is -2.20. The van der Waals surface area contributed by atoms with Gasteiger partial charge in [-0.15, -0.1) is 11.8 Å². The van der Waals surface area contributed by atoms with E-state index >= 15 is 0 Å². The quantitative estimate of drug-likeness (QED) is 0.543. The summed E-state index contributed by atoms with van der Waals surface area (Å²) < 4.78 is 16.4. The molecule has 8 heteroatoms. The van der Waals surface area contributed by atoms with Gasteiger partial charge in [0.25, 0.3) is 5.91 Å². The molecule has 0 spiro atoms. The highest BCUT2D eigenvalue weighted by molar-refractivity contribution is 7.98.